The van der Waals surface area contributed by atoms with E-state index in [-0.39, 0.29) is 4.90 Å². The number of ether oxygens (including phenoxy) is 1. The molecule has 1 aliphatic rings. The standard InChI is InChI=1S/C20H27N3O3S/c1-15-12-19(26-4)20(13-16(15)2)27(24,25)23-9-5-8-22(10-11-23)18-6-7-21-17(3)14-18/h6-7,12-14H,5,8-11H2,1-4H3. The van der Waals surface area contributed by atoms with Gasteiger partial charge in [-0.15, -0.1) is 0 Å². The Balaban J connectivity index is 1.85. The second-order valence-corrected chi connectivity index (χ2v) is 8.89. The summed E-state index contributed by atoms with van der Waals surface area (Å²) in [5.74, 6) is 0.406. The van der Waals surface area contributed by atoms with Crippen LogP contribution in [-0.4, -0.2) is 51.0 Å². The average Bonchev–Trinajstić information content (AvgIpc) is 2.90. The first kappa shape index (κ1) is 19.6. The number of anilines is 1. The molecule has 27 heavy (non-hydrogen) atoms. The first-order valence-corrected chi connectivity index (χ1v) is 10.6. The zero-order valence-corrected chi connectivity index (χ0v) is 17.2. The van der Waals surface area contributed by atoms with Crippen LogP contribution in [0.4, 0.5) is 5.69 Å². The van der Waals surface area contributed by atoms with E-state index in [9.17, 15) is 8.42 Å². The van der Waals surface area contributed by atoms with Gasteiger partial charge in [-0.05, 0) is 62.6 Å². The largest absolute Gasteiger partial charge is 0.495 e. The lowest BCUT2D eigenvalue weighted by molar-refractivity contribution is 0.393. The van der Waals surface area contributed by atoms with E-state index < -0.39 is 10.0 Å². The molecule has 0 amide bonds. The fourth-order valence-electron chi connectivity index (χ4n) is 3.38. The third-order valence-corrected chi connectivity index (χ3v) is 7.02. The van der Waals surface area contributed by atoms with Gasteiger partial charge in [0.25, 0.3) is 0 Å². The lowest BCUT2D eigenvalue weighted by atomic mass is 10.1. The molecular weight excluding hydrogens is 362 g/mol. The van der Waals surface area contributed by atoms with Crippen molar-refractivity contribution >= 4 is 15.7 Å². The average molecular weight is 390 g/mol. The third kappa shape index (κ3) is 4.09. The molecule has 1 aromatic heterocycles. The minimum atomic E-state index is -3.61. The van der Waals surface area contributed by atoms with Crippen molar-refractivity contribution in [2.24, 2.45) is 0 Å². The van der Waals surface area contributed by atoms with Crippen LogP contribution in [0.3, 0.4) is 0 Å². The Morgan fingerprint density at radius 1 is 1.00 bits per heavy atom. The monoisotopic (exact) mass is 389 g/mol. The van der Waals surface area contributed by atoms with E-state index in [0.29, 0.717) is 25.4 Å². The number of hydrogen-bond acceptors (Lipinski definition) is 5. The number of benzene rings is 1. The highest BCUT2D eigenvalue weighted by atomic mass is 32.2. The van der Waals surface area contributed by atoms with Gasteiger partial charge in [-0.1, -0.05) is 0 Å². The Hall–Kier alpha value is -2.12. The van der Waals surface area contributed by atoms with Crippen LogP contribution in [0, 0.1) is 20.8 Å². The molecule has 1 aromatic carbocycles. The smallest absolute Gasteiger partial charge is 0.246 e. The molecule has 0 spiro atoms. The van der Waals surface area contributed by atoms with Gasteiger partial charge < -0.3 is 9.64 Å². The second-order valence-electron chi connectivity index (χ2n) is 6.99. The summed E-state index contributed by atoms with van der Waals surface area (Å²) in [4.78, 5) is 6.71. The van der Waals surface area contributed by atoms with E-state index >= 15 is 0 Å². The Morgan fingerprint density at radius 3 is 2.44 bits per heavy atom. The van der Waals surface area contributed by atoms with Crippen LogP contribution in [0.5, 0.6) is 5.75 Å². The Bertz CT molecular complexity index is 928. The van der Waals surface area contributed by atoms with E-state index in [0.717, 1.165) is 35.5 Å². The van der Waals surface area contributed by atoms with Crippen molar-refractivity contribution in [3.63, 3.8) is 0 Å². The summed E-state index contributed by atoms with van der Waals surface area (Å²) in [6, 6.07) is 7.53. The van der Waals surface area contributed by atoms with Gasteiger partial charge in [0.2, 0.25) is 10.0 Å². The SMILES string of the molecule is COc1cc(C)c(C)cc1S(=O)(=O)N1CCCN(c2ccnc(C)c2)CC1. The van der Waals surface area contributed by atoms with Gasteiger partial charge in [0.15, 0.2) is 0 Å². The van der Waals surface area contributed by atoms with Crippen LogP contribution in [0.15, 0.2) is 35.4 Å². The highest BCUT2D eigenvalue weighted by Gasteiger charge is 2.30. The Kier molecular flexibility index (Phi) is 5.72. The molecule has 6 nitrogen and oxygen atoms in total. The van der Waals surface area contributed by atoms with Gasteiger partial charge >= 0.3 is 0 Å². The maximum absolute atomic E-state index is 13.3. The number of aromatic nitrogens is 1. The first-order valence-electron chi connectivity index (χ1n) is 9.16. The molecule has 1 saturated heterocycles. The molecule has 0 aliphatic carbocycles. The van der Waals surface area contributed by atoms with Crippen molar-refractivity contribution in [3.8, 4) is 5.75 Å². The number of hydrogen-bond donors (Lipinski definition) is 0. The second kappa shape index (κ2) is 7.86. The highest BCUT2D eigenvalue weighted by Crippen LogP contribution is 2.30. The quantitative estimate of drug-likeness (QED) is 0.805. The molecule has 146 valence electrons. The molecule has 0 N–H and O–H groups in total. The van der Waals surface area contributed by atoms with Crippen molar-refractivity contribution in [2.75, 3.05) is 38.2 Å². The van der Waals surface area contributed by atoms with E-state index in [1.54, 1.807) is 22.6 Å². The maximum Gasteiger partial charge on any atom is 0.246 e. The van der Waals surface area contributed by atoms with Gasteiger partial charge in [0, 0.05) is 43.8 Å². The number of nitrogens with zero attached hydrogens (tertiary/aromatic N) is 3. The lowest BCUT2D eigenvalue weighted by Crippen LogP contribution is -2.35. The number of sulfonamides is 1. The first-order chi connectivity index (χ1) is 12.8. The van der Waals surface area contributed by atoms with E-state index in [4.69, 9.17) is 4.74 Å². The van der Waals surface area contributed by atoms with Crippen LogP contribution >= 0.6 is 0 Å². The van der Waals surface area contributed by atoms with Gasteiger partial charge in [-0.2, -0.15) is 4.31 Å². The van der Waals surface area contributed by atoms with Crippen LogP contribution in [0.25, 0.3) is 0 Å². The number of aryl methyl sites for hydroxylation is 3. The number of rotatable bonds is 4. The van der Waals surface area contributed by atoms with Crippen LogP contribution in [0.1, 0.15) is 23.2 Å². The van der Waals surface area contributed by atoms with E-state index in [1.165, 1.54) is 7.11 Å². The molecule has 3 rings (SSSR count). The summed E-state index contributed by atoms with van der Waals surface area (Å²) in [5.41, 5.74) is 4.01. The van der Waals surface area contributed by atoms with Crippen molar-refractivity contribution in [2.45, 2.75) is 32.1 Å². The summed E-state index contributed by atoms with van der Waals surface area (Å²) >= 11 is 0. The van der Waals surface area contributed by atoms with E-state index in [1.807, 2.05) is 32.9 Å². The molecule has 1 aliphatic heterocycles. The van der Waals surface area contributed by atoms with Gasteiger partial charge in [-0.25, -0.2) is 8.42 Å². The molecule has 0 atom stereocenters. The Labute approximate surface area is 161 Å². The predicted molar refractivity (Wildman–Crippen MR) is 107 cm³/mol. The topological polar surface area (TPSA) is 62.7 Å². The molecule has 7 heteroatoms. The molecule has 0 unspecified atom stereocenters. The van der Waals surface area contributed by atoms with Crippen molar-refractivity contribution in [1.29, 1.82) is 0 Å². The number of pyridine rings is 1. The van der Waals surface area contributed by atoms with Gasteiger partial charge in [0.1, 0.15) is 10.6 Å². The maximum atomic E-state index is 13.3. The Morgan fingerprint density at radius 2 is 1.74 bits per heavy atom. The van der Waals surface area contributed by atoms with Gasteiger partial charge in [-0.3, -0.25) is 4.98 Å². The summed E-state index contributed by atoms with van der Waals surface area (Å²) < 4.78 is 33.5. The van der Waals surface area contributed by atoms with Crippen LogP contribution in [-0.2, 0) is 10.0 Å². The minimum absolute atomic E-state index is 0.251. The minimum Gasteiger partial charge on any atom is -0.495 e. The zero-order valence-electron chi connectivity index (χ0n) is 16.4. The number of methoxy groups -OCH3 is 1. The fourth-order valence-corrected chi connectivity index (χ4v) is 5.07. The summed E-state index contributed by atoms with van der Waals surface area (Å²) in [6.07, 6.45) is 2.57. The zero-order chi connectivity index (χ0) is 19.6. The van der Waals surface area contributed by atoms with E-state index in [2.05, 4.69) is 9.88 Å². The van der Waals surface area contributed by atoms with Crippen LogP contribution in [0.2, 0.25) is 0 Å². The summed E-state index contributed by atoms with van der Waals surface area (Å²) in [7, 11) is -2.10. The van der Waals surface area contributed by atoms with Crippen molar-refractivity contribution < 1.29 is 13.2 Å². The van der Waals surface area contributed by atoms with Crippen LogP contribution < -0.4 is 9.64 Å². The summed E-state index contributed by atoms with van der Waals surface area (Å²) in [5, 5.41) is 0. The molecular formula is C20H27N3O3S. The molecule has 0 bridgehead atoms. The molecule has 0 radical (unpaired) electrons. The van der Waals surface area contributed by atoms with Gasteiger partial charge in [0.05, 0.1) is 7.11 Å². The third-order valence-electron chi connectivity index (χ3n) is 5.10. The predicted octanol–water partition coefficient (Wildman–Crippen LogP) is 2.92. The molecule has 1 fully saturated rings. The molecule has 2 aromatic rings. The lowest BCUT2D eigenvalue weighted by Gasteiger charge is -2.24. The molecule has 0 saturated carbocycles. The van der Waals surface area contributed by atoms with Crippen molar-refractivity contribution in [1.82, 2.24) is 9.29 Å². The van der Waals surface area contributed by atoms with Crippen molar-refractivity contribution in [3.05, 3.63) is 47.3 Å². The normalized spacial score (nSPS) is 16.2. The molecule has 2 heterocycles. The highest BCUT2D eigenvalue weighted by molar-refractivity contribution is 7.89. The fraction of sp³-hybridized carbons (Fsp3) is 0.450. The summed E-state index contributed by atoms with van der Waals surface area (Å²) in [6.45, 7) is 8.25.